The van der Waals surface area contributed by atoms with E-state index in [1.807, 2.05) is 6.07 Å². The summed E-state index contributed by atoms with van der Waals surface area (Å²) in [4.78, 5) is 4.06. The van der Waals surface area contributed by atoms with Gasteiger partial charge in [-0.05, 0) is 12.1 Å². The molecular weight excluding hydrogens is 170 g/mol. The summed E-state index contributed by atoms with van der Waals surface area (Å²) in [7, 11) is 1.57. The van der Waals surface area contributed by atoms with E-state index in [0.29, 0.717) is 22.7 Å². The number of ether oxygens (including phenoxy) is 1. The topological polar surface area (TPSA) is 55.5 Å². The quantitative estimate of drug-likeness (QED) is 0.755. The zero-order valence-electron chi connectivity index (χ0n) is 7.15. The van der Waals surface area contributed by atoms with E-state index in [9.17, 15) is 0 Å². The maximum atomic E-state index is 8.81. The fourth-order valence-corrected chi connectivity index (χ4v) is 1.20. The van der Waals surface area contributed by atoms with Gasteiger partial charge < -0.3 is 14.3 Å². The van der Waals surface area contributed by atoms with Gasteiger partial charge >= 0.3 is 0 Å². The molecule has 1 aromatic heterocycles. The fraction of sp³-hybridized carbons (Fsp3) is 0.222. The van der Waals surface area contributed by atoms with Crippen LogP contribution in [0.2, 0.25) is 0 Å². The van der Waals surface area contributed by atoms with Crippen molar-refractivity contribution in [3.05, 3.63) is 24.1 Å². The Hall–Kier alpha value is -1.55. The molecule has 68 valence electrons. The first kappa shape index (κ1) is 8.07. The van der Waals surface area contributed by atoms with Crippen molar-refractivity contribution in [2.45, 2.75) is 6.61 Å². The largest absolute Gasteiger partial charge is 0.494 e. The molecule has 1 aromatic carbocycles. The van der Waals surface area contributed by atoms with Gasteiger partial charge in [-0.25, -0.2) is 4.98 Å². The summed E-state index contributed by atoms with van der Waals surface area (Å²) in [5.74, 6) is 0.959. The van der Waals surface area contributed by atoms with E-state index in [1.54, 1.807) is 19.2 Å². The zero-order valence-corrected chi connectivity index (χ0v) is 7.15. The average molecular weight is 179 g/mol. The minimum absolute atomic E-state index is 0.197. The van der Waals surface area contributed by atoms with Gasteiger partial charge in [-0.1, -0.05) is 6.07 Å². The van der Waals surface area contributed by atoms with Gasteiger partial charge in [0.05, 0.1) is 7.11 Å². The molecule has 13 heavy (non-hydrogen) atoms. The molecule has 0 aliphatic carbocycles. The van der Waals surface area contributed by atoms with Crippen molar-refractivity contribution >= 4 is 11.1 Å². The van der Waals surface area contributed by atoms with Crippen LogP contribution in [0.15, 0.2) is 22.6 Å². The summed E-state index contributed by atoms with van der Waals surface area (Å²) < 4.78 is 10.3. The number of para-hydroxylation sites is 1. The standard InChI is InChI=1S/C9H9NO3/c1-12-6-3-2-4-7-9(6)10-8(5-11)13-7/h2-4,11H,5H2,1H3. The maximum absolute atomic E-state index is 8.81. The van der Waals surface area contributed by atoms with Gasteiger partial charge in [-0.2, -0.15) is 0 Å². The molecule has 0 aliphatic rings. The molecule has 1 N–H and O–H groups in total. The minimum Gasteiger partial charge on any atom is -0.494 e. The van der Waals surface area contributed by atoms with Crippen molar-refractivity contribution in [1.82, 2.24) is 4.98 Å². The van der Waals surface area contributed by atoms with Gasteiger partial charge in [0.1, 0.15) is 12.4 Å². The lowest BCUT2D eigenvalue weighted by atomic mass is 10.3. The Morgan fingerprint density at radius 2 is 2.38 bits per heavy atom. The number of oxazole rings is 1. The van der Waals surface area contributed by atoms with E-state index >= 15 is 0 Å². The van der Waals surface area contributed by atoms with Crippen molar-refractivity contribution in [2.24, 2.45) is 0 Å². The molecule has 0 spiro atoms. The van der Waals surface area contributed by atoms with E-state index in [-0.39, 0.29) is 6.61 Å². The molecule has 0 fully saturated rings. The number of nitrogens with zero attached hydrogens (tertiary/aromatic N) is 1. The molecule has 0 bridgehead atoms. The Bertz CT molecular complexity index is 422. The van der Waals surface area contributed by atoms with Crippen LogP contribution in [0.1, 0.15) is 5.89 Å². The lowest BCUT2D eigenvalue weighted by Crippen LogP contribution is -1.84. The number of benzene rings is 1. The monoisotopic (exact) mass is 179 g/mol. The molecule has 4 heteroatoms. The molecular formula is C9H9NO3. The second-order valence-corrected chi connectivity index (χ2v) is 2.57. The van der Waals surface area contributed by atoms with Crippen molar-refractivity contribution < 1.29 is 14.3 Å². The highest BCUT2D eigenvalue weighted by Gasteiger charge is 2.08. The van der Waals surface area contributed by atoms with Gasteiger partial charge in [-0.15, -0.1) is 0 Å². The predicted molar refractivity (Wildman–Crippen MR) is 46.5 cm³/mol. The molecule has 1 heterocycles. The fourth-order valence-electron chi connectivity index (χ4n) is 1.20. The highest BCUT2D eigenvalue weighted by molar-refractivity contribution is 5.79. The van der Waals surface area contributed by atoms with Gasteiger partial charge in [0.15, 0.2) is 11.1 Å². The smallest absolute Gasteiger partial charge is 0.221 e. The number of hydrogen-bond donors (Lipinski definition) is 1. The average Bonchev–Trinajstić information content (AvgIpc) is 2.59. The van der Waals surface area contributed by atoms with Crippen LogP contribution in [-0.4, -0.2) is 17.2 Å². The lowest BCUT2D eigenvalue weighted by molar-refractivity contribution is 0.244. The van der Waals surface area contributed by atoms with Crippen LogP contribution in [0, 0.1) is 0 Å². The molecule has 0 saturated heterocycles. The van der Waals surface area contributed by atoms with Crippen LogP contribution >= 0.6 is 0 Å². The molecule has 0 radical (unpaired) electrons. The number of aromatic nitrogens is 1. The Morgan fingerprint density at radius 1 is 1.54 bits per heavy atom. The molecule has 0 aliphatic heterocycles. The summed E-state index contributed by atoms with van der Waals surface area (Å²) in [5.41, 5.74) is 1.28. The van der Waals surface area contributed by atoms with Crippen molar-refractivity contribution in [3.8, 4) is 5.75 Å². The van der Waals surface area contributed by atoms with E-state index in [0.717, 1.165) is 0 Å². The summed E-state index contributed by atoms with van der Waals surface area (Å²) in [6, 6.07) is 5.39. The van der Waals surface area contributed by atoms with E-state index < -0.39 is 0 Å². The van der Waals surface area contributed by atoms with Gasteiger partial charge in [0, 0.05) is 0 Å². The number of aliphatic hydroxyl groups excluding tert-OH is 1. The molecule has 4 nitrogen and oxygen atoms in total. The first-order valence-electron chi connectivity index (χ1n) is 3.88. The highest BCUT2D eigenvalue weighted by Crippen LogP contribution is 2.24. The van der Waals surface area contributed by atoms with Crippen molar-refractivity contribution in [3.63, 3.8) is 0 Å². The number of methoxy groups -OCH3 is 1. The summed E-state index contributed by atoms with van der Waals surface area (Å²) in [5, 5.41) is 8.81. The molecule has 0 unspecified atom stereocenters. The van der Waals surface area contributed by atoms with Crippen LogP contribution in [0.3, 0.4) is 0 Å². The number of rotatable bonds is 2. The van der Waals surface area contributed by atoms with Gasteiger partial charge in [-0.3, -0.25) is 0 Å². The Morgan fingerprint density at radius 3 is 3.08 bits per heavy atom. The summed E-state index contributed by atoms with van der Waals surface area (Å²) in [6.07, 6.45) is 0. The molecule has 0 amide bonds. The minimum atomic E-state index is -0.197. The zero-order chi connectivity index (χ0) is 9.26. The summed E-state index contributed by atoms with van der Waals surface area (Å²) in [6.45, 7) is -0.197. The third kappa shape index (κ3) is 1.25. The number of fused-ring (bicyclic) bond motifs is 1. The summed E-state index contributed by atoms with van der Waals surface area (Å²) >= 11 is 0. The van der Waals surface area contributed by atoms with Crippen molar-refractivity contribution in [2.75, 3.05) is 7.11 Å². The normalized spacial score (nSPS) is 10.6. The van der Waals surface area contributed by atoms with Crippen LogP contribution in [-0.2, 0) is 6.61 Å². The second-order valence-electron chi connectivity index (χ2n) is 2.57. The Balaban J connectivity index is 2.67. The SMILES string of the molecule is COc1cccc2oc(CO)nc12. The number of aliphatic hydroxyl groups is 1. The van der Waals surface area contributed by atoms with E-state index in [2.05, 4.69) is 4.98 Å². The van der Waals surface area contributed by atoms with Crippen LogP contribution in [0.5, 0.6) is 5.75 Å². The maximum Gasteiger partial charge on any atom is 0.221 e. The molecule has 0 saturated carbocycles. The first-order chi connectivity index (χ1) is 6.35. The third-order valence-electron chi connectivity index (χ3n) is 1.78. The lowest BCUT2D eigenvalue weighted by Gasteiger charge is -1.96. The third-order valence-corrected chi connectivity index (χ3v) is 1.78. The second kappa shape index (κ2) is 3.06. The predicted octanol–water partition coefficient (Wildman–Crippen LogP) is 1.33. The van der Waals surface area contributed by atoms with E-state index in [1.165, 1.54) is 0 Å². The number of hydrogen-bond acceptors (Lipinski definition) is 4. The van der Waals surface area contributed by atoms with E-state index in [4.69, 9.17) is 14.3 Å². The van der Waals surface area contributed by atoms with Crippen LogP contribution in [0.4, 0.5) is 0 Å². The Labute approximate surface area is 74.8 Å². The first-order valence-corrected chi connectivity index (χ1v) is 3.88. The van der Waals surface area contributed by atoms with Gasteiger partial charge in [0.25, 0.3) is 0 Å². The molecule has 2 rings (SSSR count). The highest BCUT2D eigenvalue weighted by atomic mass is 16.5. The van der Waals surface area contributed by atoms with Crippen LogP contribution < -0.4 is 4.74 Å². The Kier molecular flexibility index (Phi) is 1.90. The van der Waals surface area contributed by atoms with Crippen LogP contribution in [0.25, 0.3) is 11.1 Å². The molecule has 0 atom stereocenters. The molecule has 2 aromatic rings. The van der Waals surface area contributed by atoms with Crippen molar-refractivity contribution in [1.29, 1.82) is 0 Å². The van der Waals surface area contributed by atoms with Gasteiger partial charge in [0.2, 0.25) is 5.89 Å².